The maximum atomic E-state index is 9.10. The third-order valence-corrected chi connectivity index (χ3v) is 3.35. The molecule has 1 unspecified atom stereocenters. The molecule has 0 aromatic heterocycles. The molecule has 0 heterocycles. The Morgan fingerprint density at radius 2 is 2.17 bits per heavy atom. The van der Waals surface area contributed by atoms with Crippen LogP contribution >= 0.6 is 0 Å². The summed E-state index contributed by atoms with van der Waals surface area (Å²) >= 11 is 0. The van der Waals surface area contributed by atoms with Crippen molar-refractivity contribution in [2.75, 3.05) is 25.0 Å². The minimum absolute atomic E-state index is 0.586. The van der Waals surface area contributed by atoms with Crippen molar-refractivity contribution in [3.63, 3.8) is 0 Å². The van der Waals surface area contributed by atoms with Gasteiger partial charge in [-0.3, -0.25) is 0 Å². The number of nitrogens with zero attached hydrogens (tertiary/aromatic N) is 2. The van der Waals surface area contributed by atoms with Crippen LogP contribution in [0.1, 0.15) is 25.3 Å². The highest BCUT2D eigenvalue weighted by Gasteiger charge is 2.21. The molecule has 1 aliphatic carbocycles. The molecule has 0 spiro atoms. The van der Waals surface area contributed by atoms with Gasteiger partial charge in [0, 0.05) is 19.6 Å². The minimum atomic E-state index is 0.586. The fourth-order valence-electron chi connectivity index (χ4n) is 2.19. The SMILES string of the molecule is CC(CNC1CC1)CN(C)c1ccccc1C#N. The second-order valence-electron chi connectivity index (χ2n) is 5.30. The lowest BCUT2D eigenvalue weighted by molar-refractivity contribution is 0.511. The number of benzene rings is 1. The summed E-state index contributed by atoms with van der Waals surface area (Å²) in [6.45, 7) is 4.28. The Hall–Kier alpha value is -1.53. The first-order chi connectivity index (χ1) is 8.70. The van der Waals surface area contributed by atoms with Crippen molar-refractivity contribution in [1.82, 2.24) is 5.32 Å². The van der Waals surface area contributed by atoms with E-state index in [1.165, 1.54) is 12.8 Å². The van der Waals surface area contributed by atoms with E-state index in [0.29, 0.717) is 5.92 Å². The van der Waals surface area contributed by atoms with Crippen LogP contribution in [0.2, 0.25) is 0 Å². The van der Waals surface area contributed by atoms with Crippen LogP contribution in [0.5, 0.6) is 0 Å². The Morgan fingerprint density at radius 1 is 1.44 bits per heavy atom. The highest BCUT2D eigenvalue weighted by atomic mass is 15.1. The van der Waals surface area contributed by atoms with Crippen LogP contribution < -0.4 is 10.2 Å². The monoisotopic (exact) mass is 243 g/mol. The first-order valence-corrected chi connectivity index (χ1v) is 6.64. The van der Waals surface area contributed by atoms with Gasteiger partial charge in [0.15, 0.2) is 0 Å². The largest absolute Gasteiger partial charge is 0.373 e. The van der Waals surface area contributed by atoms with Crippen molar-refractivity contribution in [2.24, 2.45) is 5.92 Å². The summed E-state index contributed by atoms with van der Waals surface area (Å²) in [5.74, 6) is 0.586. The van der Waals surface area contributed by atoms with Gasteiger partial charge < -0.3 is 10.2 Å². The van der Waals surface area contributed by atoms with Gasteiger partial charge in [-0.15, -0.1) is 0 Å². The summed E-state index contributed by atoms with van der Waals surface area (Å²) in [5.41, 5.74) is 1.78. The lowest BCUT2D eigenvalue weighted by Crippen LogP contribution is -2.32. The molecule has 0 bridgehead atoms. The molecule has 1 aromatic carbocycles. The lowest BCUT2D eigenvalue weighted by atomic mass is 10.1. The number of anilines is 1. The summed E-state index contributed by atoms with van der Waals surface area (Å²) in [6.07, 6.45) is 2.67. The van der Waals surface area contributed by atoms with Crippen molar-refractivity contribution in [3.05, 3.63) is 29.8 Å². The van der Waals surface area contributed by atoms with E-state index >= 15 is 0 Å². The summed E-state index contributed by atoms with van der Waals surface area (Å²) in [5, 5.41) is 12.6. The van der Waals surface area contributed by atoms with Crippen molar-refractivity contribution >= 4 is 5.69 Å². The van der Waals surface area contributed by atoms with Crippen molar-refractivity contribution in [3.8, 4) is 6.07 Å². The van der Waals surface area contributed by atoms with Gasteiger partial charge in [0.1, 0.15) is 6.07 Å². The van der Waals surface area contributed by atoms with E-state index < -0.39 is 0 Å². The number of rotatable bonds is 6. The Labute approximate surface area is 109 Å². The summed E-state index contributed by atoms with van der Waals surface area (Å²) in [6, 6.07) is 10.8. The molecular formula is C15H21N3. The molecular weight excluding hydrogens is 222 g/mol. The molecule has 1 saturated carbocycles. The maximum absolute atomic E-state index is 9.10. The highest BCUT2D eigenvalue weighted by Crippen LogP contribution is 2.20. The van der Waals surface area contributed by atoms with E-state index in [9.17, 15) is 0 Å². The van der Waals surface area contributed by atoms with E-state index in [1.54, 1.807) is 0 Å². The van der Waals surface area contributed by atoms with Crippen LogP contribution in [0, 0.1) is 17.2 Å². The van der Waals surface area contributed by atoms with Gasteiger partial charge >= 0.3 is 0 Å². The van der Waals surface area contributed by atoms with Gasteiger partial charge in [0.2, 0.25) is 0 Å². The number of nitriles is 1. The van der Waals surface area contributed by atoms with E-state index in [0.717, 1.165) is 30.4 Å². The molecule has 0 saturated heterocycles. The standard InChI is InChI=1S/C15H21N3/c1-12(10-17-14-7-8-14)11-18(2)15-6-4-3-5-13(15)9-16/h3-6,12,14,17H,7-8,10-11H2,1-2H3. The van der Waals surface area contributed by atoms with Gasteiger partial charge in [0.05, 0.1) is 11.3 Å². The van der Waals surface area contributed by atoms with Crippen molar-refractivity contribution < 1.29 is 0 Å². The molecule has 1 aliphatic rings. The molecule has 1 atom stereocenters. The van der Waals surface area contributed by atoms with Crippen LogP contribution in [0.25, 0.3) is 0 Å². The van der Waals surface area contributed by atoms with E-state index in [4.69, 9.17) is 5.26 Å². The maximum Gasteiger partial charge on any atom is 0.101 e. The predicted molar refractivity (Wildman–Crippen MR) is 74.6 cm³/mol. The molecule has 96 valence electrons. The topological polar surface area (TPSA) is 39.1 Å². The fourth-order valence-corrected chi connectivity index (χ4v) is 2.19. The quantitative estimate of drug-likeness (QED) is 0.833. The Kier molecular flexibility index (Phi) is 4.22. The van der Waals surface area contributed by atoms with E-state index in [-0.39, 0.29) is 0 Å². The van der Waals surface area contributed by atoms with E-state index in [2.05, 4.69) is 30.3 Å². The second kappa shape index (κ2) is 5.88. The van der Waals surface area contributed by atoms with Crippen LogP contribution in [0.3, 0.4) is 0 Å². The Morgan fingerprint density at radius 3 is 2.83 bits per heavy atom. The summed E-state index contributed by atoms with van der Waals surface area (Å²) < 4.78 is 0. The number of hydrogen-bond donors (Lipinski definition) is 1. The van der Waals surface area contributed by atoms with Gasteiger partial charge in [0.25, 0.3) is 0 Å². The van der Waals surface area contributed by atoms with Crippen molar-refractivity contribution in [1.29, 1.82) is 5.26 Å². The summed E-state index contributed by atoms with van der Waals surface area (Å²) in [4.78, 5) is 2.18. The predicted octanol–water partition coefficient (Wildman–Crippen LogP) is 2.38. The average Bonchev–Trinajstić information content (AvgIpc) is 3.20. The molecule has 0 aliphatic heterocycles. The number of para-hydroxylation sites is 1. The molecule has 3 heteroatoms. The van der Waals surface area contributed by atoms with Gasteiger partial charge in [-0.2, -0.15) is 5.26 Å². The van der Waals surface area contributed by atoms with Gasteiger partial charge in [-0.25, -0.2) is 0 Å². The third kappa shape index (κ3) is 3.48. The highest BCUT2D eigenvalue weighted by molar-refractivity contribution is 5.58. The summed E-state index contributed by atoms with van der Waals surface area (Å²) in [7, 11) is 2.06. The Balaban J connectivity index is 1.89. The zero-order chi connectivity index (χ0) is 13.0. The van der Waals surface area contributed by atoms with Crippen LogP contribution in [0.4, 0.5) is 5.69 Å². The molecule has 1 aromatic rings. The molecule has 0 radical (unpaired) electrons. The first kappa shape index (κ1) is 12.9. The third-order valence-electron chi connectivity index (χ3n) is 3.35. The molecule has 2 rings (SSSR count). The average molecular weight is 243 g/mol. The van der Waals surface area contributed by atoms with E-state index in [1.807, 2.05) is 24.3 Å². The molecule has 1 N–H and O–H groups in total. The molecule has 18 heavy (non-hydrogen) atoms. The number of hydrogen-bond acceptors (Lipinski definition) is 3. The zero-order valence-electron chi connectivity index (χ0n) is 11.2. The van der Waals surface area contributed by atoms with Crippen LogP contribution in [-0.4, -0.2) is 26.2 Å². The molecule has 3 nitrogen and oxygen atoms in total. The first-order valence-electron chi connectivity index (χ1n) is 6.64. The fraction of sp³-hybridized carbons (Fsp3) is 0.533. The van der Waals surface area contributed by atoms with Crippen LogP contribution in [0.15, 0.2) is 24.3 Å². The van der Waals surface area contributed by atoms with Crippen LogP contribution in [-0.2, 0) is 0 Å². The smallest absolute Gasteiger partial charge is 0.101 e. The Bertz CT molecular complexity index is 432. The van der Waals surface area contributed by atoms with Gasteiger partial charge in [-0.05, 0) is 37.4 Å². The van der Waals surface area contributed by atoms with Gasteiger partial charge in [-0.1, -0.05) is 19.1 Å². The second-order valence-corrected chi connectivity index (χ2v) is 5.30. The number of nitrogens with one attached hydrogen (secondary N) is 1. The lowest BCUT2D eigenvalue weighted by Gasteiger charge is -2.24. The minimum Gasteiger partial charge on any atom is -0.373 e. The molecule has 0 amide bonds. The zero-order valence-corrected chi connectivity index (χ0v) is 11.2. The normalized spacial score (nSPS) is 16.1. The molecule has 1 fully saturated rings. The van der Waals surface area contributed by atoms with Crippen molar-refractivity contribution in [2.45, 2.75) is 25.8 Å².